The number of carboxylic acid groups (broad SMARTS) is 1. The topological polar surface area (TPSA) is 72.7 Å². The van der Waals surface area contributed by atoms with E-state index in [4.69, 9.17) is 5.11 Å². The molecule has 0 aliphatic carbocycles. The maximum Gasteiger partial charge on any atom is 0.359 e. The predicted octanol–water partition coefficient (Wildman–Crippen LogP) is 2.79. The van der Waals surface area contributed by atoms with Gasteiger partial charge in [0.15, 0.2) is 0 Å². The zero-order valence-corrected chi connectivity index (χ0v) is 12.7. The van der Waals surface area contributed by atoms with Gasteiger partial charge < -0.3 is 9.66 Å². The van der Waals surface area contributed by atoms with E-state index in [1.54, 1.807) is 45.0 Å². The summed E-state index contributed by atoms with van der Waals surface area (Å²) in [6.45, 7) is 5.23. The molecular weight excluding hydrogens is 318 g/mol. The van der Waals surface area contributed by atoms with Crippen molar-refractivity contribution < 1.29 is 14.5 Å². The van der Waals surface area contributed by atoms with Gasteiger partial charge in [0.25, 0.3) is 0 Å². The Balaban J connectivity index is 3.15. The molecule has 1 aromatic rings. The number of aliphatic carboxylic acids is 1. The molecule has 0 aliphatic heterocycles. The van der Waals surface area contributed by atoms with E-state index >= 15 is 0 Å². The molecule has 0 radical (unpaired) electrons. The molecule has 0 heterocycles. The Bertz CT molecular complexity index is 465. The third kappa shape index (κ3) is 4.12. The highest BCUT2D eigenvalue weighted by Crippen LogP contribution is 2.19. The molecule has 1 aromatic carbocycles. The monoisotopic (exact) mass is 331 g/mol. The van der Waals surface area contributed by atoms with Crippen LogP contribution in [0.2, 0.25) is 0 Å². The van der Waals surface area contributed by atoms with Crippen molar-refractivity contribution in [2.24, 2.45) is 4.40 Å². The van der Waals surface area contributed by atoms with E-state index in [1.807, 2.05) is 0 Å². The molecule has 1 rings (SSSR count). The number of halogens is 1. The van der Waals surface area contributed by atoms with Gasteiger partial charge in [0.2, 0.25) is 5.71 Å². The molecule has 0 unspecified atom stereocenters. The minimum absolute atomic E-state index is 0.184. The third-order valence-electron chi connectivity index (χ3n) is 2.02. The van der Waals surface area contributed by atoms with Crippen molar-refractivity contribution in [1.82, 2.24) is 0 Å². The van der Waals surface area contributed by atoms with Gasteiger partial charge in [0, 0.05) is 10.0 Å². The Morgan fingerprint density at radius 1 is 1.33 bits per heavy atom. The normalized spacial score (nSPS) is 14.4. The van der Waals surface area contributed by atoms with E-state index in [1.165, 1.54) is 0 Å². The van der Waals surface area contributed by atoms with E-state index in [2.05, 4.69) is 20.3 Å². The summed E-state index contributed by atoms with van der Waals surface area (Å²) in [6.07, 6.45) is 0. The first-order chi connectivity index (χ1) is 8.21. The molecule has 6 heteroatoms. The van der Waals surface area contributed by atoms with Crippen molar-refractivity contribution in [1.29, 1.82) is 0 Å². The predicted molar refractivity (Wildman–Crippen MR) is 76.2 cm³/mol. The lowest BCUT2D eigenvalue weighted by Gasteiger charge is -2.18. The van der Waals surface area contributed by atoms with Crippen LogP contribution in [0.3, 0.4) is 0 Å². The number of benzene rings is 1. The average Bonchev–Trinajstić information content (AvgIpc) is 2.25. The Morgan fingerprint density at radius 3 is 2.22 bits per heavy atom. The molecular formula is C12H14BrNO3S. The minimum atomic E-state index is -1.60. The Hall–Kier alpha value is -0.850. The molecule has 4 nitrogen and oxygen atoms in total. The van der Waals surface area contributed by atoms with Gasteiger partial charge in [-0.05, 0) is 32.9 Å². The first-order valence-corrected chi connectivity index (χ1v) is 7.11. The van der Waals surface area contributed by atoms with Crippen molar-refractivity contribution in [2.45, 2.75) is 25.5 Å². The quantitative estimate of drug-likeness (QED) is 0.683. The molecule has 0 fully saturated rings. The summed E-state index contributed by atoms with van der Waals surface area (Å²) in [5.74, 6) is -1.19. The number of nitrogens with zero attached hydrogens (tertiary/aromatic N) is 1. The number of hydrogen-bond donors (Lipinski definition) is 1. The van der Waals surface area contributed by atoms with Crippen molar-refractivity contribution in [2.75, 3.05) is 0 Å². The fourth-order valence-corrected chi connectivity index (χ4v) is 1.93. The van der Waals surface area contributed by atoms with Gasteiger partial charge in [0.1, 0.15) is 16.1 Å². The molecule has 0 aromatic heterocycles. The second kappa shape index (κ2) is 5.86. The molecule has 0 amide bonds. The van der Waals surface area contributed by atoms with Gasteiger partial charge in [-0.3, -0.25) is 0 Å². The zero-order valence-electron chi connectivity index (χ0n) is 10.3. The Morgan fingerprint density at radius 2 is 1.83 bits per heavy atom. The molecule has 98 valence electrons. The highest BCUT2D eigenvalue weighted by Gasteiger charge is 2.29. The van der Waals surface area contributed by atoms with Crippen LogP contribution >= 0.6 is 15.9 Å². The maximum absolute atomic E-state index is 11.9. The second-order valence-corrected chi connectivity index (χ2v) is 7.43. The lowest BCUT2D eigenvalue weighted by atomic mass is 10.1. The number of carbonyl (C=O) groups is 1. The van der Waals surface area contributed by atoms with Crippen LogP contribution in [-0.2, 0) is 16.2 Å². The Kier molecular flexibility index (Phi) is 4.95. The van der Waals surface area contributed by atoms with E-state index in [0.717, 1.165) is 4.47 Å². The van der Waals surface area contributed by atoms with Gasteiger partial charge in [-0.1, -0.05) is 32.5 Å². The molecule has 1 atom stereocenters. The highest BCUT2D eigenvalue weighted by atomic mass is 79.9. The molecule has 1 N–H and O–H groups in total. The molecule has 0 aliphatic rings. The van der Waals surface area contributed by atoms with Gasteiger partial charge in [-0.25, -0.2) is 4.79 Å². The standard InChI is InChI=1S/C12H14BrNO3S/c1-12(2,3)18(17)14-10(11(15)16)8-4-6-9(13)7-5-8/h4-7H,1-3H3,(H,15,16)/t18-/m0/s1. The van der Waals surface area contributed by atoms with Crippen molar-refractivity contribution in [3.05, 3.63) is 34.3 Å². The van der Waals surface area contributed by atoms with Crippen LogP contribution in [0.4, 0.5) is 0 Å². The highest BCUT2D eigenvalue weighted by molar-refractivity contribution is 9.10. The van der Waals surface area contributed by atoms with E-state index < -0.39 is 22.1 Å². The number of rotatable bonds is 3. The van der Waals surface area contributed by atoms with Gasteiger partial charge in [-0.2, -0.15) is 0 Å². The molecule has 0 spiro atoms. The van der Waals surface area contributed by atoms with E-state index in [0.29, 0.717) is 5.56 Å². The summed E-state index contributed by atoms with van der Waals surface area (Å²) in [4.78, 5) is 11.2. The SMILES string of the molecule is CC(C)(C)[S@+]([O-])N=C(C(=O)O)c1ccc(Br)cc1. The number of hydrogen-bond acceptors (Lipinski definition) is 3. The Labute approximate surface area is 118 Å². The summed E-state index contributed by atoms with van der Waals surface area (Å²) in [5.41, 5.74) is 0.249. The summed E-state index contributed by atoms with van der Waals surface area (Å²) in [5, 5.41) is 9.13. The second-order valence-electron chi connectivity index (χ2n) is 4.61. The van der Waals surface area contributed by atoms with Gasteiger partial charge >= 0.3 is 5.97 Å². The molecule has 0 bridgehead atoms. The van der Waals surface area contributed by atoms with E-state index in [9.17, 15) is 9.35 Å². The summed E-state index contributed by atoms with van der Waals surface area (Å²) < 4.78 is 15.9. The fraction of sp³-hybridized carbons (Fsp3) is 0.333. The van der Waals surface area contributed by atoms with Crippen LogP contribution in [0.15, 0.2) is 33.1 Å². The zero-order chi connectivity index (χ0) is 13.9. The van der Waals surface area contributed by atoms with Crippen molar-refractivity contribution >= 4 is 39.0 Å². The summed E-state index contributed by atoms with van der Waals surface area (Å²) >= 11 is 1.67. The van der Waals surface area contributed by atoms with Gasteiger partial charge in [-0.15, -0.1) is 0 Å². The first-order valence-electron chi connectivity index (χ1n) is 5.22. The van der Waals surface area contributed by atoms with Crippen LogP contribution in [-0.4, -0.2) is 26.1 Å². The smallest absolute Gasteiger partial charge is 0.359 e. The first kappa shape index (κ1) is 15.2. The van der Waals surface area contributed by atoms with Crippen LogP contribution in [0.5, 0.6) is 0 Å². The molecule has 18 heavy (non-hydrogen) atoms. The van der Waals surface area contributed by atoms with Gasteiger partial charge in [0.05, 0.1) is 0 Å². The lowest BCUT2D eigenvalue weighted by molar-refractivity contribution is -0.129. The van der Waals surface area contributed by atoms with Crippen molar-refractivity contribution in [3.63, 3.8) is 0 Å². The summed E-state index contributed by atoms with van der Waals surface area (Å²) in [7, 11) is 0. The van der Waals surface area contributed by atoms with E-state index in [-0.39, 0.29) is 5.71 Å². The number of carboxylic acids is 1. The average molecular weight is 332 g/mol. The van der Waals surface area contributed by atoms with Crippen LogP contribution in [0, 0.1) is 0 Å². The maximum atomic E-state index is 11.9. The fourth-order valence-electron chi connectivity index (χ4n) is 1.04. The van der Waals surface area contributed by atoms with Crippen molar-refractivity contribution in [3.8, 4) is 0 Å². The lowest BCUT2D eigenvalue weighted by Crippen LogP contribution is -2.28. The van der Waals surface area contributed by atoms with Crippen LogP contribution in [0.1, 0.15) is 26.3 Å². The molecule has 0 saturated heterocycles. The van der Waals surface area contributed by atoms with Crippen LogP contribution < -0.4 is 0 Å². The molecule has 0 saturated carbocycles. The van der Waals surface area contributed by atoms with Crippen LogP contribution in [0.25, 0.3) is 0 Å². The summed E-state index contributed by atoms with van der Waals surface area (Å²) in [6, 6.07) is 6.68. The third-order valence-corrected chi connectivity index (χ3v) is 3.94. The largest absolute Gasteiger partial charge is 0.591 e. The minimum Gasteiger partial charge on any atom is -0.591 e.